The van der Waals surface area contributed by atoms with Gasteiger partial charge in [-0.15, -0.1) is 0 Å². The fraction of sp³-hybridized carbons (Fsp3) is 0.0385. The molecule has 9 heteroatoms. The molecule has 2 aromatic heterocycles. The van der Waals surface area contributed by atoms with E-state index in [9.17, 15) is 14.9 Å². The summed E-state index contributed by atoms with van der Waals surface area (Å²) in [4.78, 5) is 32.6. The summed E-state index contributed by atoms with van der Waals surface area (Å²) in [6.45, 7) is 1.99. The zero-order chi connectivity index (χ0) is 24.4. The fourth-order valence-corrected chi connectivity index (χ4v) is 4.45. The van der Waals surface area contributed by atoms with Gasteiger partial charge >= 0.3 is 0 Å². The van der Waals surface area contributed by atoms with Gasteiger partial charge in [0.15, 0.2) is 5.65 Å². The molecule has 35 heavy (non-hydrogen) atoms. The number of H-pyrrole nitrogens is 1. The van der Waals surface area contributed by atoms with Gasteiger partial charge in [0.05, 0.1) is 21.7 Å². The van der Waals surface area contributed by atoms with Gasteiger partial charge in [-0.3, -0.25) is 14.9 Å². The Morgan fingerprint density at radius 2 is 1.80 bits per heavy atom. The quantitative estimate of drug-likeness (QED) is 0.248. The lowest BCUT2D eigenvalue weighted by molar-refractivity contribution is -0.387. The third-order valence-corrected chi connectivity index (χ3v) is 6.39. The van der Waals surface area contributed by atoms with Crippen molar-refractivity contribution in [3.63, 3.8) is 0 Å². The highest BCUT2D eigenvalue weighted by atomic mass is 32.2. The van der Waals surface area contributed by atoms with Crippen molar-refractivity contribution in [2.24, 2.45) is 0 Å². The molecule has 0 unspecified atom stereocenters. The van der Waals surface area contributed by atoms with Crippen LogP contribution in [0, 0.1) is 17.0 Å². The number of para-hydroxylation sites is 1. The zero-order valence-electron chi connectivity index (χ0n) is 18.6. The maximum Gasteiger partial charge on any atom is 0.283 e. The highest BCUT2D eigenvalue weighted by molar-refractivity contribution is 7.99. The number of nitro groups is 1. The summed E-state index contributed by atoms with van der Waals surface area (Å²) in [7, 11) is 0. The van der Waals surface area contributed by atoms with Crippen LogP contribution < -0.4 is 5.56 Å². The van der Waals surface area contributed by atoms with Gasteiger partial charge in [0.25, 0.3) is 11.2 Å². The second kappa shape index (κ2) is 9.40. The van der Waals surface area contributed by atoms with Crippen LogP contribution >= 0.6 is 11.8 Å². The molecule has 0 aliphatic rings. The smallest absolute Gasteiger partial charge is 0.283 e. The lowest BCUT2D eigenvalue weighted by Gasteiger charge is -2.05. The van der Waals surface area contributed by atoms with Gasteiger partial charge in [0, 0.05) is 11.0 Å². The molecule has 0 radical (unpaired) electrons. The maximum absolute atomic E-state index is 12.6. The molecule has 0 spiro atoms. The van der Waals surface area contributed by atoms with Crippen LogP contribution in [-0.4, -0.2) is 24.7 Å². The lowest BCUT2D eigenvalue weighted by Crippen LogP contribution is -2.10. The second-order valence-electron chi connectivity index (χ2n) is 7.81. The SMILES string of the molecule is Cc1ccc(Sc2ccc(C=Cc3nc4c(cnn4-c4ccccc4)c(=O)[nH]3)cc2[N+](=O)[O-])cc1. The van der Waals surface area contributed by atoms with Crippen LogP contribution in [0.2, 0.25) is 0 Å². The minimum absolute atomic E-state index is 0.0109. The van der Waals surface area contributed by atoms with Crippen LogP contribution in [0.15, 0.2) is 93.6 Å². The minimum Gasteiger partial charge on any atom is -0.306 e. The monoisotopic (exact) mass is 481 g/mol. The Balaban J connectivity index is 1.46. The van der Waals surface area contributed by atoms with Crippen LogP contribution in [0.1, 0.15) is 17.0 Å². The number of nitro benzene ring substituents is 1. The first-order chi connectivity index (χ1) is 17.0. The number of nitrogens with zero attached hydrogens (tertiary/aromatic N) is 4. The number of aromatic amines is 1. The molecule has 0 saturated heterocycles. The molecule has 5 aromatic rings. The molecule has 5 rings (SSSR count). The van der Waals surface area contributed by atoms with Crippen molar-refractivity contribution in [3.8, 4) is 5.69 Å². The third kappa shape index (κ3) is 4.75. The molecule has 1 N–H and O–H groups in total. The van der Waals surface area contributed by atoms with Crippen molar-refractivity contribution in [2.45, 2.75) is 16.7 Å². The van der Waals surface area contributed by atoms with Gasteiger partial charge in [-0.05, 0) is 48.9 Å². The van der Waals surface area contributed by atoms with Crippen LogP contribution in [0.5, 0.6) is 0 Å². The first-order valence-corrected chi connectivity index (χ1v) is 11.5. The van der Waals surface area contributed by atoms with Crippen molar-refractivity contribution >= 4 is 40.6 Å². The molecule has 0 fully saturated rings. The van der Waals surface area contributed by atoms with Crippen molar-refractivity contribution in [3.05, 3.63) is 116 Å². The Labute approximate surface area is 204 Å². The fourth-order valence-electron chi connectivity index (χ4n) is 3.55. The number of aryl methyl sites for hydroxylation is 1. The Morgan fingerprint density at radius 3 is 2.54 bits per heavy atom. The Hall–Kier alpha value is -4.50. The molecule has 0 atom stereocenters. The van der Waals surface area contributed by atoms with Crippen LogP contribution in [0.25, 0.3) is 28.9 Å². The molecule has 0 bridgehead atoms. The number of nitrogens with one attached hydrogen (secondary N) is 1. The normalized spacial score (nSPS) is 11.3. The van der Waals surface area contributed by atoms with Crippen molar-refractivity contribution < 1.29 is 4.92 Å². The average Bonchev–Trinajstić information content (AvgIpc) is 3.30. The van der Waals surface area contributed by atoms with E-state index in [2.05, 4.69) is 15.1 Å². The lowest BCUT2D eigenvalue weighted by atomic mass is 10.2. The van der Waals surface area contributed by atoms with Gasteiger partial charge in [-0.2, -0.15) is 5.10 Å². The number of fused-ring (bicyclic) bond motifs is 1. The standard InChI is InChI=1S/C26H19N5O3S/c1-17-7-11-20(12-8-17)35-23-13-9-18(15-22(23)31(33)34)10-14-24-28-25-21(26(32)29-24)16-27-30(25)19-5-3-2-4-6-19/h2-16H,1H3,(H,28,29,32). The van der Waals surface area contributed by atoms with E-state index < -0.39 is 4.92 Å². The van der Waals surface area contributed by atoms with E-state index in [4.69, 9.17) is 0 Å². The van der Waals surface area contributed by atoms with Gasteiger partial charge in [0.1, 0.15) is 11.2 Å². The van der Waals surface area contributed by atoms with Crippen LogP contribution in [0.3, 0.4) is 0 Å². The number of hydrogen-bond donors (Lipinski definition) is 1. The zero-order valence-corrected chi connectivity index (χ0v) is 19.4. The predicted octanol–water partition coefficient (Wildman–Crippen LogP) is 5.65. The van der Waals surface area contributed by atoms with E-state index in [-0.39, 0.29) is 11.2 Å². The maximum atomic E-state index is 12.6. The van der Waals surface area contributed by atoms with Gasteiger partial charge in [-0.25, -0.2) is 9.67 Å². The number of benzene rings is 3. The third-order valence-electron chi connectivity index (χ3n) is 5.32. The second-order valence-corrected chi connectivity index (χ2v) is 8.93. The van der Waals surface area contributed by atoms with Gasteiger partial charge in [0.2, 0.25) is 0 Å². The Kier molecular flexibility index (Phi) is 5.99. The van der Waals surface area contributed by atoms with Crippen molar-refractivity contribution in [1.82, 2.24) is 19.7 Å². The number of hydrogen-bond acceptors (Lipinski definition) is 6. The number of rotatable bonds is 6. The van der Waals surface area contributed by atoms with E-state index in [1.165, 1.54) is 24.0 Å². The first-order valence-electron chi connectivity index (χ1n) is 10.7. The summed E-state index contributed by atoms with van der Waals surface area (Å²) < 4.78 is 1.60. The Bertz CT molecular complexity index is 1620. The van der Waals surface area contributed by atoms with Crippen molar-refractivity contribution in [1.29, 1.82) is 0 Å². The minimum atomic E-state index is -0.390. The summed E-state index contributed by atoms with van der Waals surface area (Å²) in [5.74, 6) is 0.320. The summed E-state index contributed by atoms with van der Waals surface area (Å²) in [6, 6.07) is 22.3. The molecule has 0 amide bonds. The van der Waals surface area contributed by atoms with E-state index in [1.807, 2.05) is 61.5 Å². The van der Waals surface area contributed by atoms with E-state index >= 15 is 0 Å². The summed E-state index contributed by atoms with van der Waals surface area (Å²) in [6.07, 6.45) is 4.78. The molecule has 0 saturated carbocycles. The summed E-state index contributed by atoms with van der Waals surface area (Å²) in [5.41, 5.74) is 2.65. The molecular weight excluding hydrogens is 462 g/mol. The highest BCUT2D eigenvalue weighted by Gasteiger charge is 2.16. The highest BCUT2D eigenvalue weighted by Crippen LogP contribution is 2.35. The molecule has 0 aliphatic carbocycles. The summed E-state index contributed by atoms with van der Waals surface area (Å²) >= 11 is 1.34. The van der Waals surface area contributed by atoms with Gasteiger partial charge in [-0.1, -0.05) is 59.8 Å². The molecular formula is C26H19N5O3S. The Morgan fingerprint density at radius 1 is 1.03 bits per heavy atom. The molecule has 172 valence electrons. The van der Waals surface area contributed by atoms with E-state index in [1.54, 1.807) is 29.0 Å². The van der Waals surface area contributed by atoms with Crippen LogP contribution in [-0.2, 0) is 0 Å². The molecule has 0 aliphatic heterocycles. The topological polar surface area (TPSA) is 107 Å². The van der Waals surface area contributed by atoms with E-state index in [0.717, 1.165) is 16.1 Å². The average molecular weight is 482 g/mol. The van der Waals surface area contributed by atoms with E-state index in [0.29, 0.717) is 27.3 Å². The predicted molar refractivity (Wildman–Crippen MR) is 137 cm³/mol. The molecule has 3 aromatic carbocycles. The number of aromatic nitrogens is 4. The largest absolute Gasteiger partial charge is 0.306 e. The van der Waals surface area contributed by atoms with Crippen LogP contribution in [0.4, 0.5) is 5.69 Å². The van der Waals surface area contributed by atoms with Gasteiger partial charge < -0.3 is 4.98 Å². The summed E-state index contributed by atoms with van der Waals surface area (Å²) in [5, 5.41) is 16.4. The molecule has 2 heterocycles. The van der Waals surface area contributed by atoms with Crippen molar-refractivity contribution in [2.75, 3.05) is 0 Å². The molecule has 8 nitrogen and oxygen atoms in total. The first kappa shape index (κ1) is 22.3.